The van der Waals surface area contributed by atoms with Crippen LogP contribution >= 0.6 is 24.0 Å². The lowest BCUT2D eigenvalue weighted by Crippen LogP contribution is -2.48. The number of nitrogens with two attached hydrogens (primary N) is 1. The first-order valence-corrected chi connectivity index (χ1v) is 39.5. The van der Waals surface area contributed by atoms with Crippen LogP contribution < -0.4 is 26.8 Å². The lowest BCUT2D eigenvalue weighted by Gasteiger charge is -2.33. The van der Waals surface area contributed by atoms with E-state index in [4.69, 9.17) is 76.7 Å². The van der Waals surface area contributed by atoms with E-state index in [0.29, 0.717) is 112 Å². The number of hydrogen-bond donors (Lipinski definition) is 5. The molecule has 33 heteroatoms. The van der Waals surface area contributed by atoms with Crippen LogP contribution in [0.2, 0.25) is 0 Å². The van der Waals surface area contributed by atoms with Gasteiger partial charge in [-0.2, -0.15) is 20.2 Å². The largest absolute Gasteiger partial charge is 0.409 e. The normalized spacial score (nSPS) is 17.8. The van der Waals surface area contributed by atoms with Crippen LogP contribution in [-0.4, -0.2) is 205 Å². The van der Waals surface area contributed by atoms with Crippen molar-refractivity contribution < 1.29 is 47.6 Å². The number of rotatable bonds is 19. The number of ether oxygens (including phenoxy) is 5. The topological polar surface area (TPSA) is 368 Å². The number of aliphatic hydroxyl groups excluding tert-OH is 1. The smallest absolute Gasteiger partial charge is 0.340 e. The van der Waals surface area contributed by atoms with Gasteiger partial charge in [-0.3, -0.25) is 28.9 Å². The first-order valence-electron chi connectivity index (χ1n) is 39.2. The molecule has 31 nitrogen and oxygen atoms in total. The zero-order valence-corrected chi connectivity index (χ0v) is 68.6. The molecule has 7 aromatic carbocycles. The third kappa shape index (κ3) is 29.7. The second-order valence-corrected chi connectivity index (χ2v) is 28.0. The third-order valence-electron chi connectivity index (χ3n) is 18.8. The summed E-state index contributed by atoms with van der Waals surface area (Å²) in [6.07, 6.45) is 1.80. The number of nitrogens with one attached hydrogen (secondary N) is 2. The van der Waals surface area contributed by atoms with Gasteiger partial charge in [0.2, 0.25) is 23.4 Å². The van der Waals surface area contributed by atoms with Crippen molar-refractivity contribution in [1.29, 1.82) is 5.26 Å². The molecule has 0 radical (unpaired) electrons. The van der Waals surface area contributed by atoms with Crippen LogP contribution in [-0.2, 0) is 56.9 Å². The van der Waals surface area contributed by atoms with Gasteiger partial charge in [0.15, 0.2) is 5.84 Å². The molecule has 6 N–H and O–H groups in total. The number of nitriles is 1. The number of halogens is 2. The Morgan fingerprint density at radius 1 is 0.595 bits per heavy atom. The van der Waals surface area contributed by atoms with Gasteiger partial charge in [0.1, 0.15) is 48.4 Å². The molecule has 5 fully saturated rings. The van der Waals surface area contributed by atoms with Crippen molar-refractivity contribution in [3.8, 4) is 51.8 Å². The molecule has 0 amide bonds. The Labute approximate surface area is 713 Å². The van der Waals surface area contributed by atoms with E-state index in [-0.39, 0.29) is 60.0 Å². The highest BCUT2D eigenvalue weighted by Crippen LogP contribution is 2.29. The van der Waals surface area contributed by atoms with Crippen molar-refractivity contribution in [1.82, 2.24) is 75.3 Å². The maximum atomic E-state index is 12.6. The number of oxime groups is 1. The van der Waals surface area contributed by atoms with Gasteiger partial charge in [-0.15, -0.1) is 12.4 Å². The van der Waals surface area contributed by atoms with Crippen molar-refractivity contribution in [2.24, 2.45) is 17.9 Å². The fraction of sp³-hybridized carbons (Fsp3) is 0.307. The summed E-state index contributed by atoms with van der Waals surface area (Å²) in [5, 5.41) is 46.3. The molecule has 121 heavy (non-hydrogen) atoms. The number of amidine groups is 1. The van der Waals surface area contributed by atoms with E-state index in [0.717, 1.165) is 88.7 Å². The lowest BCUT2D eigenvalue weighted by atomic mass is 10.2. The quantitative estimate of drug-likeness (QED) is 0.00954. The molecule has 17 rings (SSSR count). The SMILES string of the molecule is C=C(Cl)C#N.Cl.Cn1c(N2CCOC(c3noc(-c4ccccc4)n3)C2)nc(-c2ccncn2)cc1=O.N/C(=N/O)C1CN(Cc2ccccc2)CCO1.OCCNCc1ccccc1.[C-]#[N+]C1CN(Cc2ccccc2)CCO1.c1ccc(-c2nc(C3CNCCO3)no2)cc1.c1ccc(CN2CCOC(c3noc(-c4ccccc4)n3)C2)cc1. The number of hydrogen-bond acceptors (Lipinski definition) is 28. The van der Waals surface area contributed by atoms with Crippen molar-refractivity contribution >= 4 is 35.8 Å². The van der Waals surface area contributed by atoms with Gasteiger partial charge in [0.25, 0.3) is 23.2 Å². The Hall–Kier alpha value is -12.2. The van der Waals surface area contributed by atoms with E-state index in [1.807, 2.05) is 157 Å². The Kier molecular flexibility index (Phi) is 37.7. The van der Waals surface area contributed by atoms with Gasteiger partial charge in [-0.25, -0.2) is 21.5 Å². The Balaban J connectivity index is 0.000000155. The monoisotopic (exact) mass is 1680 g/mol. The highest BCUT2D eigenvalue weighted by atomic mass is 35.5. The zero-order chi connectivity index (χ0) is 83.7. The molecule has 5 aliphatic rings. The van der Waals surface area contributed by atoms with E-state index in [2.05, 4.69) is 148 Å². The third-order valence-corrected chi connectivity index (χ3v) is 18.9. The molecule has 0 saturated carbocycles. The average molecular weight is 1680 g/mol. The van der Waals surface area contributed by atoms with Gasteiger partial charge >= 0.3 is 6.23 Å². The molecular weight excluding hydrogens is 1580 g/mol. The fourth-order valence-electron chi connectivity index (χ4n) is 12.7. The van der Waals surface area contributed by atoms with Crippen molar-refractivity contribution in [3.05, 3.63) is 310 Å². The predicted molar refractivity (Wildman–Crippen MR) is 459 cm³/mol. The minimum absolute atomic E-state index is 0. The standard InChI is InChI=1S/C21H19N7O3.C19H19N3O2.C12H13N3O2.C12H17N3O2.C12H14N2O.C9H13NO.C3H2ClN.ClH/c1-27-18(29)11-16(15-7-8-22-13-23-15)24-21(27)28-9-10-30-17(12-28)19-25-20(31-26-19)14-5-3-2-4-6-14;1-3-7-15(8-4-1)13-22-11-12-23-17(14-22)18-20-19(24-21-18)16-9-5-2-6-10-16;1-2-4-9(5-3-1)12-14-11(15-17-12)10-8-13-6-7-16-10;13-12(14-16)11-9-15(6-7-17-11)8-10-4-2-1-3-5-10;1-13-12-10-14(7-8-15-12)9-11-5-3-2-4-6-11;11-7-6-10-8-9-4-2-1-3-5-9;1-3(4)2-5;/h2-8,11,13,17H,9-10,12H2,1H3;1-10,17H,11-14H2;1-5,10,13H,6-8H2;1-5,11,16H,6-9H2,(H2,13,14);2-6,12H,7-10H2;1-5,10-11H,6-8H2;1H2;1H. The Morgan fingerprint density at radius 2 is 1.03 bits per heavy atom. The van der Waals surface area contributed by atoms with Gasteiger partial charge in [0, 0.05) is 121 Å². The molecule has 0 spiro atoms. The van der Waals surface area contributed by atoms with Crippen molar-refractivity contribution in [2.45, 2.75) is 56.8 Å². The second kappa shape index (κ2) is 50.0. The van der Waals surface area contributed by atoms with Crippen molar-refractivity contribution in [2.75, 3.05) is 117 Å². The number of anilines is 1. The Bertz CT molecular complexity index is 5140. The highest BCUT2D eigenvalue weighted by molar-refractivity contribution is 6.31. The zero-order valence-electron chi connectivity index (χ0n) is 67.0. The summed E-state index contributed by atoms with van der Waals surface area (Å²) in [7, 11) is 1.70. The van der Waals surface area contributed by atoms with Crippen LogP contribution in [0.25, 0.3) is 50.6 Å². The summed E-state index contributed by atoms with van der Waals surface area (Å²) in [6.45, 7) is 24.9. The molecule has 630 valence electrons. The molecule has 5 aromatic heterocycles. The number of morpholine rings is 5. The minimum Gasteiger partial charge on any atom is -0.409 e. The predicted octanol–water partition coefficient (Wildman–Crippen LogP) is 11.4. The number of aliphatic hydroxyl groups is 1. The Morgan fingerprint density at radius 3 is 1.49 bits per heavy atom. The van der Waals surface area contributed by atoms with Crippen LogP contribution in [0, 0.1) is 17.9 Å². The van der Waals surface area contributed by atoms with Crippen LogP contribution in [0.1, 0.15) is 58.0 Å². The molecular formula is C88H98Cl2N20O11. The molecule has 0 bridgehead atoms. The van der Waals surface area contributed by atoms with E-state index in [9.17, 15) is 4.79 Å². The summed E-state index contributed by atoms with van der Waals surface area (Å²) in [5.74, 6) is 3.86. The molecule has 12 aromatic rings. The van der Waals surface area contributed by atoms with Gasteiger partial charge < -0.3 is 68.8 Å². The summed E-state index contributed by atoms with van der Waals surface area (Å²) in [6, 6.07) is 75.0. The lowest BCUT2D eigenvalue weighted by molar-refractivity contribution is -0.0380. The molecule has 5 aliphatic heterocycles. The maximum Gasteiger partial charge on any atom is 0.340 e. The van der Waals surface area contributed by atoms with E-state index >= 15 is 0 Å². The minimum atomic E-state index is -0.408. The van der Waals surface area contributed by atoms with Crippen molar-refractivity contribution in [3.63, 3.8) is 0 Å². The average Bonchev–Trinajstić information content (AvgIpc) is 0.921. The van der Waals surface area contributed by atoms with Gasteiger partial charge in [0.05, 0.1) is 57.6 Å². The molecule has 5 saturated heterocycles. The number of nitrogens with zero attached hydrogens (tertiary/aromatic N) is 17. The van der Waals surface area contributed by atoms with E-state index in [1.165, 1.54) is 39.2 Å². The maximum absolute atomic E-state index is 12.6. The second-order valence-electron chi connectivity index (χ2n) is 27.5. The summed E-state index contributed by atoms with van der Waals surface area (Å²) in [5.41, 5.74) is 14.3. The first-order chi connectivity index (χ1) is 58.9. The summed E-state index contributed by atoms with van der Waals surface area (Å²) >= 11 is 4.91. The molecule has 5 unspecified atom stereocenters. The van der Waals surface area contributed by atoms with Crippen LogP contribution in [0.15, 0.2) is 272 Å². The van der Waals surface area contributed by atoms with Crippen LogP contribution in [0.4, 0.5) is 5.95 Å². The van der Waals surface area contributed by atoms with Gasteiger partial charge in [-0.05, 0) is 64.7 Å². The number of benzene rings is 7. The summed E-state index contributed by atoms with van der Waals surface area (Å²) in [4.78, 5) is 51.0. The number of allylic oxidation sites excluding steroid dienone is 1. The molecule has 10 heterocycles. The highest BCUT2D eigenvalue weighted by Gasteiger charge is 2.31. The van der Waals surface area contributed by atoms with E-state index in [1.54, 1.807) is 25.4 Å². The summed E-state index contributed by atoms with van der Waals surface area (Å²) < 4.78 is 45.6. The molecule has 5 atom stereocenters. The first kappa shape index (κ1) is 91.2. The molecule has 0 aliphatic carbocycles. The number of aromatic nitrogens is 10. The fourth-order valence-corrected chi connectivity index (χ4v) is 12.7. The van der Waals surface area contributed by atoms with Crippen LogP contribution in [0.3, 0.4) is 0 Å². The van der Waals surface area contributed by atoms with Gasteiger partial charge in [-0.1, -0.05) is 215 Å². The van der Waals surface area contributed by atoms with Crippen LogP contribution in [0.5, 0.6) is 0 Å². The van der Waals surface area contributed by atoms with E-state index < -0.39 is 6.10 Å².